The molecule has 10 heteroatoms. The molecule has 0 aromatic heterocycles. The van der Waals surface area contributed by atoms with Crippen LogP contribution in [0.25, 0.3) is 0 Å². The molecule has 0 amide bonds. The van der Waals surface area contributed by atoms with Crippen molar-refractivity contribution in [1.82, 2.24) is 4.83 Å². The number of nitro groups is 1. The zero-order valence-electron chi connectivity index (χ0n) is 15.9. The maximum Gasteiger partial charge on any atom is 0.315 e. The van der Waals surface area contributed by atoms with Crippen LogP contribution in [0.3, 0.4) is 0 Å². The fourth-order valence-corrected chi connectivity index (χ4v) is 4.15. The number of benzene rings is 2. The van der Waals surface area contributed by atoms with E-state index in [9.17, 15) is 23.6 Å². The van der Waals surface area contributed by atoms with Crippen molar-refractivity contribution in [2.75, 3.05) is 6.61 Å². The van der Waals surface area contributed by atoms with E-state index in [0.29, 0.717) is 11.1 Å². The summed E-state index contributed by atoms with van der Waals surface area (Å²) >= 11 is 0. The Morgan fingerprint density at radius 2 is 1.82 bits per heavy atom. The highest BCUT2D eigenvalue weighted by Crippen LogP contribution is 2.36. The standard InChI is InChI=1S/C18H21N3O6S/c1-5-27-16-9-14(8-15(17(16)22)21(23)24)10-19-20-28(25,26)18-12(3)6-11(2)7-13(18)4/h6-10,20,22H,5H2,1-4H3/b19-10+. The van der Waals surface area contributed by atoms with Gasteiger partial charge in [0.05, 0.1) is 22.6 Å². The number of nitrogens with zero attached hydrogens (tertiary/aromatic N) is 2. The summed E-state index contributed by atoms with van der Waals surface area (Å²) in [6.45, 7) is 7.10. The number of aromatic hydroxyl groups is 1. The van der Waals surface area contributed by atoms with Gasteiger partial charge in [0.25, 0.3) is 10.0 Å². The van der Waals surface area contributed by atoms with E-state index < -0.39 is 26.4 Å². The van der Waals surface area contributed by atoms with Crippen molar-refractivity contribution in [3.05, 3.63) is 56.6 Å². The number of rotatable bonds is 7. The number of ether oxygens (including phenoxy) is 1. The SMILES string of the molecule is CCOc1cc(/C=N/NS(=O)(=O)c2c(C)cc(C)cc2C)cc([N+](=O)[O-])c1O. The van der Waals surface area contributed by atoms with E-state index >= 15 is 0 Å². The second kappa shape index (κ2) is 8.26. The first kappa shape index (κ1) is 21.2. The zero-order valence-corrected chi connectivity index (χ0v) is 16.7. The molecular formula is C18H21N3O6S. The summed E-state index contributed by atoms with van der Waals surface area (Å²) < 4.78 is 30.3. The summed E-state index contributed by atoms with van der Waals surface area (Å²) in [5, 5.41) is 24.7. The van der Waals surface area contributed by atoms with Gasteiger partial charge in [-0.1, -0.05) is 17.7 Å². The highest BCUT2D eigenvalue weighted by Gasteiger charge is 2.21. The topological polar surface area (TPSA) is 131 Å². The highest BCUT2D eigenvalue weighted by molar-refractivity contribution is 7.89. The Bertz CT molecular complexity index is 1020. The fourth-order valence-electron chi connectivity index (χ4n) is 2.90. The van der Waals surface area contributed by atoms with E-state index in [2.05, 4.69) is 9.93 Å². The van der Waals surface area contributed by atoms with Gasteiger partial charge in [0.15, 0.2) is 5.75 Å². The molecule has 0 aliphatic heterocycles. The van der Waals surface area contributed by atoms with Gasteiger partial charge >= 0.3 is 5.69 Å². The lowest BCUT2D eigenvalue weighted by atomic mass is 10.1. The average molecular weight is 407 g/mol. The molecule has 0 bridgehead atoms. The van der Waals surface area contributed by atoms with Crippen LogP contribution in [0.4, 0.5) is 5.69 Å². The van der Waals surface area contributed by atoms with Crippen LogP contribution in [-0.2, 0) is 10.0 Å². The van der Waals surface area contributed by atoms with Crippen LogP contribution in [0.2, 0.25) is 0 Å². The molecule has 2 aromatic carbocycles. The van der Waals surface area contributed by atoms with Gasteiger partial charge in [0.2, 0.25) is 5.75 Å². The summed E-state index contributed by atoms with van der Waals surface area (Å²) in [6, 6.07) is 5.90. The number of phenols is 1. The quantitative estimate of drug-likeness (QED) is 0.412. The van der Waals surface area contributed by atoms with Crippen LogP contribution < -0.4 is 9.57 Å². The first-order valence-electron chi connectivity index (χ1n) is 8.33. The van der Waals surface area contributed by atoms with Gasteiger partial charge in [0.1, 0.15) is 0 Å². The Morgan fingerprint density at radius 1 is 1.21 bits per heavy atom. The van der Waals surface area contributed by atoms with E-state index in [1.807, 2.05) is 6.92 Å². The first-order chi connectivity index (χ1) is 13.1. The molecule has 0 saturated carbocycles. The summed E-state index contributed by atoms with van der Waals surface area (Å²) in [6.07, 6.45) is 1.10. The fraction of sp³-hybridized carbons (Fsp3) is 0.278. The number of hydrogen-bond donors (Lipinski definition) is 2. The Labute approximate surface area is 162 Å². The van der Waals surface area contributed by atoms with Crippen molar-refractivity contribution in [1.29, 1.82) is 0 Å². The molecule has 0 atom stereocenters. The number of hydrazone groups is 1. The lowest BCUT2D eigenvalue weighted by molar-refractivity contribution is -0.386. The molecule has 0 radical (unpaired) electrons. The molecule has 2 N–H and O–H groups in total. The Kier molecular flexibility index (Phi) is 6.24. The van der Waals surface area contributed by atoms with Crippen molar-refractivity contribution in [3.63, 3.8) is 0 Å². The molecule has 2 rings (SSSR count). The predicted molar refractivity (Wildman–Crippen MR) is 104 cm³/mol. The van der Waals surface area contributed by atoms with Crippen LogP contribution >= 0.6 is 0 Å². The van der Waals surface area contributed by atoms with Crippen molar-refractivity contribution in [2.45, 2.75) is 32.6 Å². The van der Waals surface area contributed by atoms with Crippen LogP contribution in [0, 0.1) is 30.9 Å². The minimum Gasteiger partial charge on any atom is -0.500 e. The highest BCUT2D eigenvalue weighted by atomic mass is 32.2. The zero-order chi connectivity index (χ0) is 21.1. The van der Waals surface area contributed by atoms with Gasteiger partial charge in [-0.3, -0.25) is 10.1 Å². The minimum absolute atomic E-state index is 0.0915. The third-order valence-electron chi connectivity index (χ3n) is 3.83. The average Bonchev–Trinajstić information content (AvgIpc) is 2.56. The molecule has 2 aromatic rings. The van der Waals surface area contributed by atoms with Crippen molar-refractivity contribution in [2.24, 2.45) is 5.10 Å². The molecule has 9 nitrogen and oxygen atoms in total. The lowest BCUT2D eigenvalue weighted by Gasteiger charge is -2.11. The third kappa shape index (κ3) is 4.58. The van der Waals surface area contributed by atoms with Crippen molar-refractivity contribution >= 4 is 21.9 Å². The van der Waals surface area contributed by atoms with E-state index in [-0.39, 0.29) is 22.8 Å². The molecule has 0 saturated heterocycles. The smallest absolute Gasteiger partial charge is 0.315 e. The van der Waals surface area contributed by atoms with E-state index in [4.69, 9.17) is 4.74 Å². The van der Waals surface area contributed by atoms with Gasteiger partial charge in [0, 0.05) is 11.6 Å². The number of nitro benzene ring substituents is 1. The molecular weight excluding hydrogens is 386 g/mol. The summed E-state index contributed by atoms with van der Waals surface area (Å²) in [7, 11) is -3.93. The number of sulfonamides is 1. The summed E-state index contributed by atoms with van der Waals surface area (Å²) in [4.78, 5) is 12.6. The van der Waals surface area contributed by atoms with Crippen LogP contribution in [0.1, 0.15) is 29.2 Å². The van der Waals surface area contributed by atoms with Gasteiger partial charge < -0.3 is 9.84 Å². The largest absolute Gasteiger partial charge is 0.500 e. The summed E-state index contributed by atoms with van der Waals surface area (Å²) in [5.74, 6) is -0.693. The number of phenolic OH excluding ortho intramolecular Hbond substituents is 1. The second-order valence-corrected chi connectivity index (χ2v) is 7.76. The molecule has 150 valence electrons. The Balaban J connectivity index is 2.35. The maximum absolute atomic E-state index is 12.6. The molecule has 0 aliphatic rings. The number of aryl methyl sites for hydroxylation is 3. The monoisotopic (exact) mass is 407 g/mol. The van der Waals surface area contributed by atoms with Crippen LogP contribution in [-0.4, -0.2) is 31.3 Å². The third-order valence-corrected chi connectivity index (χ3v) is 5.36. The Hall–Kier alpha value is -3.14. The molecule has 0 fully saturated rings. The van der Waals surface area contributed by atoms with E-state index in [1.165, 1.54) is 6.07 Å². The van der Waals surface area contributed by atoms with Crippen LogP contribution in [0.5, 0.6) is 11.5 Å². The predicted octanol–water partition coefficient (Wildman–Crippen LogP) is 2.94. The van der Waals surface area contributed by atoms with Gasteiger partial charge in [-0.2, -0.15) is 13.5 Å². The van der Waals surface area contributed by atoms with E-state index in [0.717, 1.165) is 17.8 Å². The van der Waals surface area contributed by atoms with Crippen LogP contribution in [0.15, 0.2) is 34.3 Å². The molecule has 0 aliphatic carbocycles. The van der Waals surface area contributed by atoms with Crippen molar-refractivity contribution in [3.8, 4) is 11.5 Å². The number of nitrogens with one attached hydrogen (secondary N) is 1. The first-order valence-corrected chi connectivity index (χ1v) is 9.82. The summed E-state index contributed by atoms with van der Waals surface area (Å²) in [5.41, 5.74) is 1.73. The molecule has 28 heavy (non-hydrogen) atoms. The second-order valence-electron chi connectivity index (χ2n) is 6.16. The maximum atomic E-state index is 12.6. The lowest BCUT2D eigenvalue weighted by Crippen LogP contribution is -2.20. The normalized spacial score (nSPS) is 11.6. The molecule has 0 spiro atoms. The van der Waals surface area contributed by atoms with Gasteiger partial charge in [-0.05, 0) is 44.9 Å². The Morgan fingerprint density at radius 3 is 2.36 bits per heavy atom. The van der Waals surface area contributed by atoms with Crippen molar-refractivity contribution < 1.29 is 23.2 Å². The molecule has 0 heterocycles. The molecule has 0 unspecified atom stereocenters. The van der Waals surface area contributed by atoms with E-state index in [1.54, 1.807) is 32.9 Å². The minimum atomic E-state index is -3.93. The number of hydrogen-bond acceptors (Lipinski definition) is 7. The van der Waals surface area contributed by atoms with Gasteiger partial charge in [-0.25, -0.2) is 4.83 Å². The van der Waals surface area contributed by atoms with Gasteiger partial charge in [-0.15, -0.1) is 0 Å².